The van der Waals surface area contributed by atoms with Gasteiger partial charge < -0.3 is 4.74 Å². The molecule has 0 aliphatic heterocycles. The van der Waals surface area contributed by atoms with E-state index in [2.05, 4.69) is 0 Å². The largest absolute Gasteiger partial charge is 0.494 e. The maximum absolute atomic E-state index is 11.3. The second kappa shape index (κ2) is 4.27. The number of aryl methyl sites for hydroxylation is 2. The first kappa shape index (κ1) is 10.8. The second-order valence-electron chi connectivity index (χ2n) is 3.42. The van der Waals surface area contributed by atoms with Gasteiger partial charge in [0.15, 0.2) is 5.78 Å². The van der Waals surface area contributed by atoms with Gasteiger partial charge in [-0.25, -0.2) is 0 Å². The molecular formula is C12H16O2. The van der Waals surface area contributed by atoms with Crippen LogP contribution in [0.4, 0.5) is 0 Å². The van der Waals surface area contributed by atoms with Crippen LogP contribution in [-0.2, 0) is 0 Å². The van der Waals surface area contributed by atoms with Gasteiger partial charge >= 0.3 is 0 Å². The smallest absolute Gasteiger partial charge is 0.160 e. The van der Waals surface area contributed by atoms with E-state index >= 15 is 0 Å². The maximum atomic E-state index is 11.3. The third kappa shape index (κ3) is 2.13. The third-order valence-corrected chi connectivity index (χ3v) is 2.20. The second-order valence-corrected chi connectivity index (χ2v) is 3.42. The number of hydrogen-bond donors (Lipinski definition) is 0. The molecule has 0 aromatic heterocycles. The van der Waals surface area contributed by atoms with Gasteiger partial charge in [0.2, 0.25) is 0 Å². The van der Waals surface area contributed by atoms with Crippen molar-refractivity contribution in [2.24, 2.45) is 0 Å². The summed E-state index contributed by atoms with van der Waals surface area (Å²) in [5.41, 5.74) is 2.84. The molecule has 1 aromatic rings. The SMILES string of the molecule is CCOc1cc(C(C)=O)c(C)cc1C. The van der Waals surface area contributed by atoms with E-state index in [0.717, 1.165) is 22.4 Å². The Morgan fingerprint density at radius 2 is 1.93 bits per heavy atom. The monoisotopic (exact) mass is 192 g/mol. The van der Waals surface area contributed by atoms with Crippen LogP contribution in [0.1, 0.15) is 35.3 Å². The molecule has 0 bridgehead atoms. The lowest BCUT2D eigenvalue weighted by Crippen LogP contribution is -2.00. The summed E-state index contributed by atoms with van der Waals surface area (Å²) in [7, 11) is 0. The number of rotatable bonds is 3. The number of ketones is 1. The average Bonchev–Trinajstić information content (AvgIpc) is 2.09. The summed E-state index contributed by atoms with van der Waals surface area (Å²) in [6, 6.07) is 3.82. The summed E-state index contributed by atoms with van der Waals surface area (Å²) in [4.78, 5) is 11.3. The van der Waals surface area contributed by atoms with Crippen molar-refractivity contribution in [3.05, 3.63) is 28.8 Å². The molecule has 1 rings (SSSR count). The lowest BCUT2D eigenvalue weighted by molar-refractivity contribution is 0.101. The van der Waals surface area contributed by atoms with Crippen LogP contribution in [-0.4, -0.2) is 12.4 Å². The molecular weight excluding hydrogens is 176 g/mol. The van der Waals surface area contributed by atoms with Gasteiger partial charge in [0, 0.05) is 5.56 Å². The third-order valence-electron chi connectivity index (χ3n) is 2.20. The first-order valence-corrected chi connectivity index (χ1v) is 4.81. The lowest BCUT2D eigenvalue weighted by atomic mass is 10.0. The fourth-order valence-corrected chi connectivity index (χ4v) is 1.52. The summed E-state index contributed by atoms with van der Waals surface area (Å²) in [6.45, 7) is 8.07. The zero-order chi connectivity index (χ0) is 10.7. The fourth-order valence-electron chi connectivity index (χ4n) is 1.52. The van der Waals surface area contributed by atoms with E-state index in [4.69, 9.17) is 4.74 Å². The summed E-state index contributed by atoms with van der Waals surface area (Å²) in [5.74, 6) is 0.895. The normalized spacial score (nSPS) is 10.0. The van der Waals surface area contributed by atoms with Crippen LogP contribution in [0.3, 0.4) is 0 Å². The molecule has 14 heavy (non-hydrogen) atoms. The minimum absolute atomic E-state index is 0.0865. The van der Waals surface area contributed by atoms with Crippen molar-refractivity contribution >= 4 is 5.78 Å². The zero-order valence-electron chi connectivity index (χ0n) is 9.18. The Hall–Kier alpha value is -1.31. The Morgan fingerprint density at radius 1 is 1.29 bits per heavy atom. The Kier molecular flexibility index (Phi) is 3.28. The number of carbonyl (C=O) groups excluding carboxylic acids is 1. The fraction of sp³-hybridized carbons (Fsp3) is 0.417. The minimum Gasteiger partial charge on any atom is -0.494 e. The van der Waals surface area contributed by atoms with Gasteiger partial charge in [-0.1, -0.05) is 6.07 Å². The van der Waals surface area contributed by atoms with Gasteiger partial charge in [0.1, 0.15) is 5.75 Å². The van der Waals surface area contributed by atoms with E-state index in [0.29, 0.717) is 6.61 Å². The summed E-state index contributed by atoms with van der Waals surface area (Å²) < 4.78 is 5.43. The minimum atomic E-state index is 0.0865. The maximum Gasteiger partial charge on any atom is 0.160 e. The van der Waals surface area contributed by atoms with Crippen molar-refractivity contribution in [1.29, 1.82) is 0 Å². The van der Waals surface area contributed by atoms with Gasteiger partial charge in [0.25, 0.3) is 0 Å². The molecule has 2 nitrogen and oxygen atoms in total. The van der Waals surface area contributed by atoms with Crippen LogP contribution in [0.5, 0.6) is 5.75 Å². The number of benzene rings is 1. The Morgan fingerprint density at radius 3 is 2.43 bits per heavy atom. The van der Waals surface area contributed by atoms with E-state index in [1.54, 1.807) is 6.92 Å². The molecule has 0 atom stereocenters. The highest BCUT2D eigenvalue weighted by Gasteiger charge is 2.08. The van der Waals surface area contributed by atoms with Crippen LogP contribution in [0.15, 0.2) is 12.1 Å². The van der Waals surface area contributed by atoms with Crippen molar-refractivity contribution < 1.29 is 9.53 Å². The van der Waals surface area contributed by atoms with Crippen molar-refractivity contribution in [3.8, 4) is 5.75 Å². The molecule has 0 heterocycles. The van der Waals surface area contributed by atoms with Crippen molar-refractivity contribution in [2.75, 3.05) is 6.61 Å². The topological polar surface area (TPSA) is 26.3 Å². The molecule has 0 radical (unpaired) electrons. The molecule has 0 N–H and O–H groups in total. The molecule has 0 aliphatic rings. The highest BCUT2D eigenvalue weighted by Crippen LogP contribution is 2.23. The molecule has 0 amide bonds. The summed E-state index contributed by atoms with van der Waals surface area (Å²) in [6.07, 6.45) is 0. The van der Waals surface area contributed by atoms with Gasteiger partial charge in [-0.3, -0.25) is 4.79 Å². The Labute approximate surface area is 84.9 Å². The van der Waals surface area contributed by atoms with Crippen LogP contribution < -0.4 is 4.74 Å². The van der Waals surface area contributed by atoms with E-state index < -0.39 is 0 Å². The standard InChI is InChI=1S/C12H16O2/c1-5-14-12-7-11(10(4)13)8(2)6-9(12)3/h6-7H,5H2,1-4H3. The summed E-state index contributed by atoms with van der Waals surface area (Å²) in [5, 5.41) is 0. The molecule has 1 aromatic carbocycles. The van der Waals surface area contributed by atoms with Gasteiger partial charge in [-0.2, -0.15) is 0 Å². The quantitative estimate of drug-likeness (QED) is 0.688. The predicted octanol–water partition coefficient (Wildman–Crippen LogP) is 2.90. The van der Waals surface area contributed by atoms with Crippen LogP contribution in [0.2, 0.25) is 0 Å². The van der Waals surface area contributed by atoms with Crippen LogP contribution in [0, 0.1) is 13.8 Å². The molecule has 2 heteroatoms. The number of carbonyl (C=O) groups is 1. The highest BCUT2D eigenvalue weighted by atomic mass is 16.5. The number of Topliss-reactive ketones (excluding diaryl/α,β-unsaturated/α-hetero) is 1. The molecule has 0 saturated carbocycles. The van der Waals surface area contributed by atoms with Crippen molar-refractivity contribution in [1.82, 2.24) is 0 Å². The van der Waals surface area contributed by atoms with Gasteiger partial charge in [-0.15, -0.1) is 0 Å². The van der Waals surface area contributed by atoms with Crippen LogP contribution in [0.25, 0.3) is 0 Å². The molecule has 0 saturated heterocycles. The number of hydrogen-bond acceptors (Lipinski definition) is 2. The highest BCUT2D eigenvalue weighted by molar-refractivity contribution is 5.96. The van der Waals surface area contributed by atoms with Crippen LogP contribution >= 0.6 is 0 Å². The van der Waals surface area contributed by atoms with Crippen molar-refractivity contribution in [3.63, 3.8) is 0 Å². The van der Waals surface area contributed by atoms with Gasteiger partial charge in [-0.05, 0) is 44.9 Å². The van der Waals surface area contributed by atoms with E-state index in [9.17, 15) is 4.79 Å². The molecule has 0 fully saturated rings. The van der Waals surface area contributed by atoms with Crippen molar-refractivity contribution in [2.45, 2.75) is 27.7 Å². The first-order valence-electron chi connectivity index (χ1n) is 4.81. The summed E-state index contributed by atoms with van der Waals surface area (Å²) >= 11 is 0. The van der Waals surface area contributed by atoms with Gasteiger partial charge in [0.05, 0.1) is 6.61 Å². The first-order chi connectivity index (χ1) is 6.56. The lowest BCUT2D eigenvalue weighted by Gasteiger charge is -2.10. The zero-order valence-corrected chi connectivity index (χ0v) is 9.18. The Balaban J connectivity index is 3.20. The van der Waals surface area contributed by atoms with E-state index in [1.807, 2.05) is 32.9 Å². The molecule has 76 valence electrons. The molecule has 0 aliphatic carbocycles. The van der Waals surface area contributed by atoms with E-state index in [1.165, 1.54) is 0 Å². The average molecular weight is 192 g/mol. The Bertz CT molecular complexity index is 354. The molecule has 0 spiro atoms. The predicted molar refractivity (Wildman–Crippen MR) is 57.1 cm³/mol. The molecule has 0 unspecified atom stereocenters. The van der Waals surface area contributed by atoms with E-state index in [-0.39, 0.29) is 5.78 Å². The number of ether oxygens (including phenoxy) is 1.